The van der Waals surface area contributed by atoms with Crippen molar-refractivity contribution < 1.29 is 13.2 Å². The van der Waals surface area contributed by atoms with Gasteiger partial charge in [0.15, 0.2) is 0 Å². The van der Waals surface area contributed by atoms with E-state index in [-0.39, 0.29) is 10.8 Å². The number of carbonyl (C=O) groups is 1. The van der Waals surface area contributed by atoms with E-state index in [1.807, 2.05) is 30.3 Å². The fourth-order valence-corrected chi connectivity index (χ4v) is 2.84. The standard InChI is InChI=1S/C18H20N2O3S/c1-19-24(22,23)17-11-8-15(9-12-17)10-13-18(21)20(2)14-16-6-4-3-5-7-16/h3-13,19H,14H2,1-2H3/b13-10+. The second-order valence-corrected chi connectivity index (χ2v) is 7.18. The zero-order valence-corrected chi connectivity index (χ0v) is 14.5. The Hall–Kier alpha value is -2.44. The SMILES string of the molecule is CNS(=O)(=O)c1ccc(/C=C/C(=O)N(C)Cc2ccccc2)cc1. The van der Waals surface area contributed by atoms with Crippen molar-refractivity contribution >= 4 is 22.0 Å². The number of amides is 1. The van der Waals surface area contributed by atoms with Crippen molar-refractivity contribution in [1.82, 2.24) is 9.62 Å². The van der Waals surface area contributed by atoms with Crippen LogP contribution in [0.15, 0.2) is 65.6 Å². The number of hydrogen-bond acceptors (Lipinski definition) is 3. The number of hydrogen-bond donors (Lipinski definition) is 1. The fourth-order valence-electron chi connectivity index (χ4n) is 2.11. The molecule has 0 spiro atoms. The summed E-state index contributed by atoms with van der Waals surface area (Å²) in [6.07, 6.45) is 3.14. The third kappa shape index (κ3) is 4.78. The van der Waals surface area contributed by atoms with E-state index in [0.717, 1.165) is 11.1 Å². The predicted octanol–water partition coefficient (Wildman–Crippen LogP) is 2.27. The van der Waals surface area contributed by atoms with E-state index in [9.17, 15) is 13.2 Å². The Morgan fingerprint density at radius 2 is 1.71 bits per heavy atom. The van der Waals surface area contributed by atoms with Gasteiger partial charge in [-0.15, -0.1) is 0 Å². The van der Waals surface area contributed by atoms with E-state index in [1.54, 1.807) is 30.2 Å². The first-order valence-corrected chi connectivity index (χ1v) is 8.91. The van der Waals surface area contributed by atoms with Gasteiger partial charge in [0.05, 0.1) is 4.90 Å². The van der Waals surface area contributed by atoms with Gasteiger partial charge in [0.1, 0.15) is 0 Å². The molecule has 1 N–H and O–H groups in total. The molecule has 126 valence electrons. The summed E-state index contributed by atoms with van der Waals surface area (Å²) in [5.74, 6) is -0.120. The lowest BCUT2D eigenvalue weighted by Gasteiger charge is -2.15. The van der Waals surface area contributed by atoms with Gasteiger partial charge >= 0.3 is 0 Å². The molecule has 0 unspecified atom stereocenters. The topological polar surface area (TPSA) is 66.5 Å². The second-order valence-electron chi connectivity index (χ2n) is 5.29. The Morgan fingerprint density at radius 1 is 1.08 bits per heavy atom. The van der Waals surface area contributed by atoms with Crippen LogP contribution in [0.25, 0.3) is 6.08 Å². The average Bonchev–Trinajstić information content (AvgIpc) is 2.60. The molecule has 0 atom stereocenters. The van der Waals surface area contributed by atoms with Crippen molar-refractivity contribution in [2.75, 3.05) is 14.1 Å². The van der Waals surface area contributed by atoms with Gasteiger partial charge in [-0.05, 0) is 36.4 Å². The van der Waals surface area contributed by atoms with Crippen LogP contribution >= 0.6 is 0 Å². The number of nitrogens with zero attached hydrogens (tertiary/aromatic N) is 1. The summed E-state index contributed by atoms with van der Waals surface area (Å²) < 4.78 is 25.6. The lowest BCUT2D eigenvalue weighted by molar-refractivity contribution is -0.125. The van der Waals surface area contributed by atoms with Crippen molar-refractivity contribution in [3.05, 3.63) is 71.8 Å². The molecule has 0 heterocycles. The van der Waals surface area contributed by atoms with E-state index < -0.39 is 10.0 Å². The minimum Gasteiger partial charge on any atom is -0.338 e. The fraction of sp³-hybridized carbons (Fsp3) is 0.167. The zero-order valence-electron chi connectivity index (χ0n) is 13.6. The number of nitrogens with one attached hydrogen (secondary N) is 1. The molecule has 6 heteroatoms. The van der Waals surface area contributed by atoms with Crippen LogP contribution in [0.5, 0.6) is 0 Å². The number of carbonyl (C=O) groups excluding carboxylic acids is 1. The highest BCUT2D eigenvalue weighted by atomic mass is 32.2. The maximum atomic E-state index is 12.1. The van der Waals surface area contributed by atoms with Gasteiger partial charge in [-0.1, -0.05) is 42.5 Å². The van der Waals surface area contributed by atoms with Gasteiger partial charge in [0, 0.05) is 19.7 Å². The summed E-state index contributed by atoms with van der Waals surface area (Å²) >= 11 is 0. The van der Waals surface area contributed by atoms with Crippen molar-refractivity contribution in [2.24, 2.45) is 0 Å². The smallest absolute Gasteiger partial charge is 0.246 e. The van der Waals surface area contributed by atoms with Gasteiger partial charge in [-0.3, -0.25) is 4.79 Å². The third-order valence-corrected chi connectivity index (χ3v) is 4.95. The van der Waals surface area contributed by atoms with Crippen LogP contribution in [0, 0.1) is 0 Å². The molecule has 0 fully saturated rings. The van der Waals surface area contributed by atoms with E-state index in [1.165, 1.54) is 25.3 Å². The molecule has 24 heavy (non-hydrogen) atoms. The highest BCUT2D eigenvalue weighted by molar-refractivity contribution is 7.89. The number of sulfonamides is 1. The summed E-state index contributed by atoms with van der Waals surface area (Å²) in [5, 5.41) is 0. The molecule has 0 aliphatic carbocycles. The van der Waals surface area contributed by atoms with Crippen molar-refractivity contribution in [2.45, 2.75) is 11.4 Å². The predicted molar refractivity (Wildman–Crippen MR) is 94.6 cm³/mol. The molecular weight excluding hydrogens is 324 g/mol. The molecule has 2 rings (SSSR count). The molecule has 0 saturated carbocycles. The Bertz CT molecular complexity index is 813. The van der Waals surface area contributed by atoms with E-state index in [2.05, 4.69) is 4.72 Å². The van der Waals surface area contributed by atoms with Crippen LogP contribution in [0.2, 0.25) is 0 Å². The average molecular weight is 344 g/mol. The Kier molecular flexibility index (Phi) is 5.89. The van der Waals surface area contributed by atoms with E-state index in [0.29, 0.717) is 6.54 Å². The van der Waals surface area contributed by atoms with Gasteiger partial charge in [-0.25, -0.2) is 13.1 Å². The highest BCUT2D eigenvalue weighted by Crippen LogP contribution is 2.11. The molecular formula is C18H20N2O3S. The van der Waals surface area contributed by atoms with Crippen LogP contribution in [-0.2, 0) is 21.4 Å². The highest BCUT2D eigenvalue weighted by Gasteiger charge is 2.10. The van der Waals surface area contributed by atoms with Gasteiger partial charge < -0.3 is 4.90 Å². The van der Waals surface area contributed by atoms with Crippen molar-refractivity contribution in [3.8, 4) is 0 Å². The maximum absolute atomic E-state index is 12.1. The summed E-state index contributed by atoms with van der Waals surface area (Å²) in [7, 11) is -0.340. The summed E-state index contributed by atoms with van der Waals surface area (Å²) in [6, 6.07) is 16.1. The Balaban J connectivity index is 2.01. The maximum Gasteiger partial charge on any atom is 0.246 e. The number of benzene rings is 2. The van der Waals surface area contributed by atoms with Crippen LogP contribution in [0.1, 0.15) is 11.1 Å². The largest absolute Gasteiger partial charge is 0.338 e. The van der Waals surface area contributed by atoms with E-state index in [4.69, 9.17) is 0 Å². The van der Waals surface area contributed by atoms with Crippen LogP contribution in [0.3, 0.4) is 0 Å². The molecule has 0 saturated heterocycles. The third-order valence-electron chi connectivity index (χ3n) is 3.52. The normalized spacial score (nSPS) is 11.6. The molecule has 0 aromatic heterocycles. The molecule has 0 aliphatic heterocycles. The zero-order chi connectivity index (χ0) is 17.6. The number of rotatable bonds is 6. The summed E-state index contributed by atoms with van der Waals surface area (Å²) in [6.45, 7) is 0.531. The quantitative estimate of drug-likeness (QED) is 0.818. The van der Waals surface area contributed by atoms with Crippen molar-refractivity contribution in [1.29, 1.82) is 0 Å². The van der Waals surface area contributed by atoms with Gasteiger partial charge in [0.2, 0.25) is 15.9 Å². The summed E-state index contributed by atoms with van der Waals surface area (Å²) in [4.78, 5) is 13.9. The monoisotopic (exact) mass is 344 g/mol. The summed E-state index contributed by atoms with van der Waals surface area (Å²) in [5.41, 5.74) is 1.81. The molecule has 0 bridgehead atoms. The minimum absolute atomic E-state index is 0.120. The Morgan fingerprint density at radius 3 is 2.29 bits per heavy atom. The van der Waals surface area contributed by atoms with Gasteiger partial charge in [-0.2, -0.15) is 0 Å². The second kappa shape index (κ2) is 7.90. The lowest BCUT2D eigenvalue weighted by atomic mass is 10.2. The lowest BCUT2D eigenvalue weighted by Crippen LogP contribution is -2.24. The molecule has 1 amide bonds. The van der Waals surface area contributed by atoms with Gasteiger partial charge in [0.25, 0.3) is 0 Å². The first kappa shape index (κ1) is 17.9. The van der Waals surface area contributed by atoms with E-state index >= 15 is 0 Å². The molecule has 0 radical (unpaired) electrons. The number of likely N-dealkylation sites (N-methyl/N-ethyl adjacent to an activating group) is 1. The molecule has 2 aromatic carbocycles. The van der Waals surface area contributed by atoms with Crippen LogP contribution < -0.4 is 4.72 Å². The first-order valence-electron chi connectivity index (χ1n) is 7.43. The first-order chi connectivity index (χ1) is 11.4. The van der Waals surface area contributed by atoms with Crippen molar-refractivity contribution in [3.63, 3.8) is 0 Å². The van der Waals surface area contributed by atoms with Crippen LogP contribution in [0.4, 0.5) is 0 Å². The van der Waals surface area contributed by atoms with Crippen LogP contribution in [-0.4, -0.2) is 33.3 Å². The molecule has 0 aliphatic rings. The minimum atomic E-state index is -3.44. The molecule has 2 aromatic rings. The Labute approximate surface area is 142 Å². The molecule has 5 nitrogen and oxygen atoms in total.